The molecule has 1 N–H and O–H groups in total. The number of ether oxygens (including phenoxy) is 2. The highest BCUT2D eigenvalue weighted by Crippen LogP contribution is 2.32. The van der Waals surface area contributed by atoms with Crippen LogP contribution in [0.3, 0.4) is 0 Å². The number of hydrogen-bond acceptors (Lipinski definition) is 6. The molecule has 42 heavy (non-hydrogen) atoms. The van der Waals surface area contributed by atoms with Gasteiger partial charge in [0.2, 0.25) is 0 Å². The Labute approximate surface area is 274 Å². The number of amides is 1. The van der Waals surface area contributed by atoms with Crippen molar-refractivity contribution in [2.75, 3.05) is 18.5 Å². The predicted molar refractivity (Wildman–Crippen MR) is 184 cm³/mol. The van der Waals surface area contributed by atoms with Gasteiger partial charge in [0.15, 0.2) is 4.80 Å². The van der Waals surface area contributed by atoms with Crippen LogP contribution in [-0.4, -0.2) is 23.7 Å². The van der Waals surface area contributed by atoms with Gasteiger partial charge in [-0.25, -0.2) is 4.99 Å². The average molecular weight is 803 g/mol. The van der Waals surface area contributed by atoms with Crippen molar-refractivity contribution in [1.82, 2.24) is 4.57 Å². The lowest BCUT2D eigenvalue weighted by Gasteiger charge is -2.25. The molecule has 2 heterocycles. The molecule has 0 fully saturated rings. The number of anilines is 1. The van der Waals surface area contributed by atoms with E-state index in [0.29, 0.717) is 39.5 Å². The van der Waals surface area contributed by atoms with E-state index in [-0.39, 0.29) is 11.5 Å². The van der Waals surface area contributed by atoms with Crippen LogP contribution in [-0.2, 0) is 4.79 Å². The van der Waals surface area contributed by atoms with Crippen LogP contribution in [0.2, 0.25) is 0 Å². The Morgan fingerprint density at radius 1 is 1.10 bits per heavy atom. The van der Waals surface area contributed by atoms with Crippen molar-refractivity contribution in [2.45, 2.75) is 19.9 Å². The number of allylic oxidation sites excluding steroid dienone is 1. The van der Waals surface area contributed by atoms with Crippen molar-refractivity contribution in [3.05, 3.63) is 129 Å². The molecule has 3 aromatic carbocycles. The van der Waals surface area contributed by atoms with Crippen molar-refractivity contribution in [3.63, 3.8) is 0 Å². The molecule has 0 radical (unpaired) electrons. The summed E-state index contributed by atoms with van der Waals surface area (Å²) in [5, 5.41) is 2.98. The molecule has 10 heteroatoms. The van der Waals surface area contributed by atoms with Crippen LogP contribution < -0.4 is 29.7 Å². The van der Waals surface area contributed by atoms with Crippen molar-refractivity contribution in [2.24, 2.45) is 4.99 Å². The third-order valence-electron chi connectivity index (χ3n) is 6.47. The van der Waals surface area contributed by atoms with Crippen LogP contribution in [0.25, 0.3) is 6.08 Å². The van der Waals surface area contributed by atoms with Crippen LogP contribution in [0.5, 0.6) is 11.5 Å². The Balaban J connectivity index is 1.63. The maximum Gasteiger partial charge on any atom is 0.271 e. The fraction of sp³-hybridized carbons (Fsp3) is 0.156. The van der Waals surface area contributed by atoms with E-state index in [1.807, 2.05) is 86.7 Å². The van der Waals surface area contributed by atoms with E-state index in [1.54, 1.807) is 10.6 Å². The number of halogens is 2. The van der Waals surface area contributed by atoms with Gasteiger partial charge in [0.1, 0.15) is 18.1 Å². The topological polar surface area (TPSA) is 81.9 Å². The van der Waals surface area contributed by atoms with Crippen molar-refractivity contribution in [3.8, 4) is 11.5 Å². The first-order valence-electron chi connectivity index (χ1n) is 13.1. The molecule has 214 valence electrons. The first-order chi connectivity index (χ1) is 20.3. The van der Waals surface area contributed by atoms with Crippen LogP contribution in [0.1, 0.15) is 31.0 Å². The monoisotopic (exact) mass is 803 g/mol. The first kappa shape index (κ1) is 30.2. The Kier molecular flexibility index (Phi) is 9.63. The predicted octanol–water partition coefficient (Wildman–Crippen LogP) is 6.05. The average Bonchev–Trinajstić information content (AvgIpc) is 3.27. The fourth-order valence-electron chi connectivity index (χ4n) is 4.65. The number of carbonyl (C=O) groups is 1. The van der Waals surface area contributed by atoms with E-state index in [2.05, 4.69) is 57.1 Å². The zero-order valence-electron chi connectivity index (χ0n) is 22.9. The molecule has 0 saturated carbocycles. The number of rotatable bonds is 9. The maximum atomic E-state index is 14.0. The number of fused-ring (bicyclic) bond motifs is 1. The zero-order valence-corrected chi connectivity index (χ0v) is 28.0. The summed E-state index contributed by atoms with van der Waals surface area (Å²) < 4.78 is 15.5. The summed E-state index contributed by atoms with van der Waals surface area (Å²) in [5.74, 6) is 1.19. The second kappa shape index (κ2) is 13.4. The second-order valence-corrected chi connectivity index (χ2v) is 12.7. The van der Waals surface area contributed by atoms with Gasteiger partial charge >= 0.3 is 0 Å². The summed E-state index contributed by atoms with van der Waals surface area (Å²) in [6, 6.07) is 20.1. The lowest BCUT2D eigenvalue weighted by atomic mass is 9.95. The number of benzene rings is 3. The van der Waals surface area contributed by atoms with Crippen LogP contribution in [0, 0.1) is 7.14 Å². The van der Waals surface area contributed by atoms with Crippen molar-refractivity contribution in [1.29, 1.82) is 0 Å². The third-order valence-corrected chi connectivity index (χ3v) is 9.05. The van der Waals surface area contributed by atoms with Gasteiger partial charge in [-0.05, 0) is 113 Å². The Morgan fingerprint density at radius 2 is 1.79 bits per heavy atom. The van der Waals surface area contributed by atoms with Gasteiger partial charge in [0, 0.05) is 5.69 Å². The summed E-state index contributed by atoms with van der Waals surface area (Å²) in [7, 11) is 0. The molecule has 1 aliphatic heterocycles. The molecule has 1 aliphatic rings. The highest BCUT2D eigenvalue weighted by atomic mass is 127. The highest BCUT2D eigenvalue weighted by molar-refractivity contribution is 14.1. The summed E-state index contributed by atoms with van der Waals surface area (Å²) in [5.41, 5.74) is 3.07. The van der Waals surface area contributed by atoms with Gasteiger partial charge < -0.3 is 14.8 Å². The van der Waals surface area contributed by atoms with Crippen LogP contribution in [0.15, 0.2) is 100 Å². The normalized spacial score (nSPS) is 14.7. The molecule has 1 atom stereocenters. The molecule has 0 spiro atoms. The minimum atomic E-state index is -0.669. The Morgan fingerprint density at radius 3 is 2.43 bits per heavy atom. The summed E-state index contributed by atoms with van der Waals surface area (Å²) >= 11 is 5.78. The smallest absolute Gasteiger partial charge is 0.271 e. The number of hydrogen-bond donors (Lipinski definition) is 1. The molecule has 4 aromatic rings. The number of nitrogens with one attached hydrogen (secondary N) is 1. The molecule has 0 aliphatic carbocycles. The number of carbonyl (C=O) groups excluding carboxylic acids is 1. The molecule has 1 unspecified atom stereocenters. The fourth-order valence-corrected chi connectivity index (χ4v) is 7.83. The Bertz CT molecular complexity index is 1840. The highest BCUT2D eigenvalue weighted by Gasteiger charge is 2.32. The van der Waals surface area contributed by atoms with Crippen LogP contribution >= 0.6 is 56.5 Å². The lowest BCUT2D eigenvalue weighted by Crippen LogP contribution is -2.40. The van der Waals surface area contributed by atoms with E-state index >= 15 is 0 Å². The van der Waals surface area contributed by atoms with Crippen LogP contribution in [0.4, 0.5) is 5.69 Å². The molecule has 0 saturated heterocycles. The molecule has 0 bridgehead atoms. The maximum absolute atomic E-state index is 14.0. The van der Waals surface area contributed by atoms with E-state index in [1.165, 1.54) is 11.3 Å². The summed E-state index contributed by atoms with van der Waals surface area (Å²) in [4.78, 5) is 33.1. The lowest BCUT2D eigenvalue weighted by molar-refractivity contribution is -0.113. The molecule has 1 aromatic heterocycles. The molecule has 1 amide bonds. The largest absolute Gasteiger partial charge is 0.494 e. The van der Waals surface area contributed by atoms with Crippen molar-refractivity contribution >= 4 is 74.2 Å². The molecule has 7 nitrogen and oxygen atoms in total. The molecular formula is C32H27I2N3O4S. The quantitative estimate of drug-likeness (QED) is 0.165. The number of aromatic nitrogens is 1. The molecular weight excluding hydrogens is 776 g/mol. The SMILES string of the molecule is C=CCOc1c(I)cc(/C=c2/sc3n(c2=O)C(c2ccc(OCC)cc2)C(C(=O)Nc2ccccc2)=C(C)N=3)cc1I. The first-order valence-corrected chi connectivity index (χ1v) is 16.1. The van der Waals surface area contributed by atoms with Gasteiger partial charge in [-0.3, -0.25) is 14.2 Å². The Hall–Kier alpha value is -3.23. The minimum Gasteiger partial charge on any atom is -0.494 e. The second-order valence-electron chi connectivity index (χ2n) is 9.32. The minimum absolute atomic E-state index is 0.216. The van der Waals surface area contributed by atoms with Gasteiger partial charge in [-0.2, -0.15) is 0 Å². The summed E-state index contributed by atoms with van der Waals surface area (Å²) in [6.45, 7) is 8.40. The van der Waals surface area contributed by atoms with E-state index in [9.17, 15) is 9.59 Å². The third kappa shape index (κ3) is 6.40. The van der Waals surface area contributed by atoms with Gasteiger partial charge in [0.05, 0.1) is 35.6 Å². The van der Waals surface area contributed by atoms with E-state index in [4.69, 9.17) is 14.5 Å². The van der Waals surface area contributed by atoms with Crippen molar-refractivity contribution < 1.29 is 14.3 Å². The molecule has 5 rings (SSSR count). The summed E-state index contributed by atoms with van der Waals surface area (Å²) in [6.07, 6.45) is 3.57. The van der Waals surface area contributed by atoms with E-state index in [0.717, 1.165) is 29.8 Å². The van der Waals surface area contributed by atoms with Gasteiger partial charge in [-0.1, -0.05) is 54.3 Å². The standard InChI is InChI=1S/C32H27I2N3O4S/c1-4-15-41-29-24(33)16-20(17-25(29)34)18-26-31(39)37-28(21-11-13-23(14-12-21)40-5-2)27(19(3)35-32(37)42-26)30(38)36-22-9-7-6-8-10-22/h4,6-14,16-18,28H,1,5,15H2,2-3H3,(H,36,38)/b26-18+. The van der Waals surface area contributed by atoms with Gasteiger partial charge in [-0.15, -0.1) is 0 Å². The number of thiazole rings is 1. The van der Waals surface area contributed by atoms with Gasteiger partial charge in [0.25, 0.3) is 11.5 Å². The van der Waals surface area contributed by atoms with E-state index < -0.39 is 6.04 Å². The number of para-hydroxylation sites is 1. The zero-order chi connectivity index (χ0) is 29.8. The number of nitrogens with zero attached hydrogens (tertiary/aromatic N) is 2.